The second-order valence-corrected chi connectivity index (χ2v) is 11.9. The molecule has 3 aliphatic heterocycles. The Hall–Kier alpha value is -3.40. The summed E-state index contributed by atoms with van der Waals surface area (Å²) in [5.74, 6) is 0.426. The number of anilines is 3. The minimum absolute atomic E-state index is 0.117. The number of piperidine rings is 2. The molecule has 3 atom stereocenters. The number of carbonyl (C=O) groups is 2. The smallest absolute Gasteiger partial charge is 0.320 e. The fourth-order valence-corrected chi connectivity index (χ4v) is 7.14. The van der Waals surface area contributed by atoms with Crippen LogP contribution in [0.4, 0.5) is 22.1 Å². The van der Waals surface area contributed by atoms with Crippen LogP contribution >= 0.6 is 0 Å². The molecule has 39 heavy (non-hydrogen) atoms. The van der Waals surface area contributed by atoms with Crippen LogP contribution in [-0.2, 0) is 5.41 Å². The molecule has 6 rings (SSSR count). The zero-order valence-electron chi connectivity index (χ0n) is 23.0. The Bertz CT molecular complexity index is 1230. The number of urea groups is 1. The number of rotatable bonds is 6. The number of benzene rings is 1. The molecule has 1 aromatic carbocycles. The van der Waals surface area contributed by atoms with Crippen LogP contribution in [0.25, 0.3) is 0 Å². The minimum Gasteiger partial charge on any atom is -0.364 e. The normalized spacial score (nSPS) is 26.6. The summed E-state index contributed by atoms with van der Waals surface area (Å²) in [6.07, 6.45) is 9.14. The number of hydrogen-bond acceptors (Lipinski definition) is 7. The standard InChI is InChI=1S/C29H40N8O2/c1-29(12-14-31-15-13-29)19-8-10-20(11-9-19)33-27-25(26(30)38)32-17-24(34-27)36-16-4-5-21(18-36)37-23-7-3-6-22(23)35(2)28(37)39/h8-11,17,21-23,31H,3-7,12-16,18H2,1-2H3,(H2,30,38)(H,33,34). The van der Waals surface area contributed by atoms with Crippen LogP contribution in [0.5, 0.6) is 0 Å². The zero-order valence-corrected chi connectivity index (χ0v) is 23.0. The maximum Gasteiger partial charge on any atom is 0.320 e. The fourth-order valence-electron chi connectivity index (χ4n) is 7.14. The molecule has 0 radical (unpaired) electrons. The largest absolute Gasteiger partial charge is 0.364 e. The average Bonchev–Trinajstić information content (AvgIpc) is 3.51. The highest BCUT2D eigenvalue weighted by Crippen LogP contribution is 2.38. The highest BCUT2D eigenvalue weighted by atomic mass is 16.2. The van der Waals surface area contributed by atoms with Gasteiger partial charge in [0.2, 0.25) is 0 Å². The van der Waals surface area contributed by atoms with E-state index in [2.05, 4.69) is 44.5 Å². The summed E-state index contributed by atoms with van der Waals surface area (Å²) >= 11 is 0. The van der Waals surface area contributed by atoms with Crippen molar-refractivity contribution in [2.24, 2.45) is 5.73 Å². The molecule has 3 saturated heterocycles. The summed E-state index contributed by atoms with van der Waals surface area (Å²) in [6, 6.07) is 9.31. The molecule has 1 aliphatic carbocycles. The van der Waals surface area contributed by atoms with Crippen LogP contribution in [0, 0.1) is 0 Å². The lowest BCUT2D eigenvalue weighted by molar-refractivity contribution is 0.0996. The lowest BCUT2D eigenvalue weighted by Gasteiger charge is -2.40. The first kappa shape index (κ1) is 25.9. The van der Waals surface area contributed by atoms with Gasteiger partial charge >= 0.3 is 6.03 Å². The topological polar surface area (TPSA) is 120 Å². The molecule has 4 heterocycles. The predicted octanol–water partition coefficient (Wildman–Crippen LogP) is 3.22. The van der Waals surface area contributed by atoms with Crippen LogP contribution in [0.15, 0.2) is 30.5 Å². The zero-order chi connectivity index (χ0) is 27.1. The molecule has 3 unspecified atom stereocenters. The molecule has 10 heteroatoms. The molecule has 208 valence electrons. The molecule has 1 aromatic heterocycles. The number of likely N-dealkylation sites (N-methyl/N-ethyl adjacent to an activating group) is 1. The number of nitrogens with two attached hydrogens (primary N) is 1. The van der Waals surface area contributed by atoms with Gasteiger partial charge in [-0.1, -0.05) is 19.1 Å². The number of primary amides is 1. The summed E-state index contributed by atoms with van der Waals surface area (Å²) in [5.41, 5.74) is 8.10. The first-order valence-electron chi connectivity index (χ1n) is 14.4. The van der Waals surface area contributed by atoms with E-state index in [1.54, 1.807) is 6.20 Å². The van der Waals surface area contributed by atoms with Crippen molar-refractivity contribution >= 4 is 29.3 Å². The van der Waals surface area contributed by atoms with Crippen LogP contribution in [0.3, 0.4) is 0 Å². The van der Waals surface area contributed by atoms with E-state index in [0.717, 1.165) is 63.8 Å². The summed E-state index contributed by atoms with van der Waals surface area (Å²) in [7, 11) is 1.94. The Labute approximate surface area is 230 Å². The molecule has 2 aromatic rings. The van der Waals surface area contributed by atoms with Gasteiger partial charge in [0.05, 0.1) is 24.3 Å². The number of fused-ring (bicyclic) bond motifs is 1. The van der Waals surface area contributed by atoms with Crippen molar-refractivity contribution in [3.8, 4) is 0 Å². The van der Waals surface area contributed by atoms with Crippen molar-refractivity contribution in [3.05, 3.63) is 41.7 Å². The Morgan fingerprint density at radius 2 is 1.85 bits per heavy atom. The van der Waals surface area contributed by atoms with Crippen molar-refractivity contribution in [1.82, 2.24) is 25.1 Å². The number of aromatic nitrogens is 2. The van der Waals surface area contributed by atoms with E-state index in [-0.39, 0.29) is 23.2 Å². The SMILES string of the molecule is CN1C(=O)N(C2CCCN(c3cnc(C(N)=O)c(Nc4ccc(C5(C)CCNCC5)cc4)n3)C2)C2CCCC21. The molecule has 4 fully saturated rings. The van der Waals surface area contributed by atoms with Gasteiger partial charge in [-0.3, -0.25) is 4.79 Å². The van der Waals surface area contributed by atoms with E-state index < -0.39 is 5.91 Å². The van der Waals surface area contributed by atoms with Gasteiger partial charge in [-0.2, -0.15) is 0 Å². The molecule has 4 aliphatic rings. The first-order valence-corrected chi connectivity index (χ1v) is 14.4. The molecule has 1 saturated carbocycles. The predicted molar refractivity (Wildman–Crippen MR) is 151 cm³/mol. The van der Waals surface area contributed by atoms with E-state index in [0.29, 0.717) is 30.3 Å². The molecule has 0 bridgehead atoms. The third-order valence-corrected chi connectivity index (χ3v) is 9.48. The number of nitrogens with zero attached hydrogens (tertiary/aromatic N) is 5. The van der Waals surface area contributed by atoms with Gasteiger partial charge in [0.1, 0.15) is 5.82 Å². The lowest BCUT2D eigenvalue weighted by atomic mass is 9.75. The van der Waals surface area contributed by atoms with Crippen LogP contribution in [-0.4, -0.2) is 83.1 Å². The Morgan fingerprint density at radius 3 is 2.59 bits per heavy atom. The van der Waals surface area contributed by atoms with Gasteiger partial charge in [0.25, 0.3) is 5.91 Å². The van der Waals surface area contributed by atoms with E-state index in [9.17, 15) is 9.59 Å². The van der Waals surface area contributed by atoms with Gasteiger partial charge in [-0.05, 0) is 81.1 Å². The summed E-state index contributed by atoms with van der Waals surface area (Å²) in [5, 5.41) is 6.74. The molecule has 10 nitrogen and oxygen atoms in total. The van der Waals surface area contributed by atoms with Gasteiger partial charge in [0, 0.05) is 25.8 Å². The second-order valence-electron chi connectivity index (χ2n) is 11.9. The average molecular weight is 533 g/mol. The van der Waals surface area contributed by atoms with Gasteiger partial charge in [-0.15, -0.1) is 0 Å². The van der Waals surface area contributed by atoms with E-state index in [1.165, 1.54) is 12.0 Å². The third kappa shape index (κ3) is 4.79. The Morgan fingerprint density at radius 1 is 1.10 bits per heavy atom. The minimum atomic E-state index is -0.620. The van der Waals surface area contributed by atoms with Gasteiger partial charge in [0.15, 0.2) is 11.5 Å². The monoisotopic (exact) mass is 532 g/mol. The summed E-state index contributed by atoms with van der Waals surface area (Å²) in [6.45, 7) is 5.91. The van der Waals surface area contributed by atoms with Crippen molar-refractivity contribution < 1.29 is 9.59 Å². The quantitative estimate of drug-likeness (QED) is 0.523. The Kier molecular flexibility index (Phi) is 6.82. The molecular formula is C29H40N8O2. The molecular weight excluding hydrogens is 492 g/mol. The van der Waals surface area contributed by atoms with E-state index >= 15 is 0 Å². The second kappa shape index (κ2) is 10.3. The van der Waals surface area contributed by atoms with Crippen LogP contribution in [0.1, 0.15) is 67.9 Å². The summed E-state index contributed by atoms with van der Waals surface area (Å²) < 4.78 is 0. The molecule has 3 amide bonds. The number of nitrogens with one attached hydrogen (secondary N) is 2. The maximum absolute atomic E-state index is 13.1. The van der Waals surface area contributed by atoms with Crippen LogP contribution in [0.2, 0.25) is 0 Å². The van der Waals surface area contributed by atoms with Crippen LogP contribution < -0.4 is 21.3 Å². The fraction of sp³-hybridized carbons (Fsp3) is 0.586. The molecule has 4 N–H and O–H groups in total. The maximum atomic E-state index is 13.1. The third-order valence-electron chi connectivity index (χ3n) is 9.48. The van der Waals surface area contributed by atoms with Gasteiger partial charge in [-0.25, -0.2) is 14.8 Å². The first-order chi connectivity index (χ1) is 18.8. The van der Waals surface area contributed by atoms with Crippen molar-refractivity contribution in [1.29, 1.82) is 0 Å². The van der Waals surface area contributed by atoms with Crippen molar-refractivity contribution in [2.75, 3.05) is 43.4 Å². The molecule has 0 spiro atoms. The van der Waals surface area contributed by atoms with E-state index in [4.69, 9.17) is 10.7 Å². The highest BCUT2D eigenvalue weighted by molar-refractivity contribution is 5.96. The van der Waals surface area contributed by atoms with Crippen molar-refractivity contribution in [2.45, 2.75) is 75.4 Å². The number of carbonyl (C=O) groups excluding carboxylic acids is 2. The highest BCUT2D eigenvalue weighted by Gasteiger charge is 2.49. The van der Waals surface area contributed by atoms with E-state index in [1.807, 2.05) is 24.1 Å². The number of amides is 3. The van der Waals surface area contributed by atoms with Crippen molar-refractivity contribution in [3.63, 3.8) is 0 Å². The number of hydrogen-bond donors (Lipinski definition) is 3. The summed E-state index contributed by atoms with van der Waals surface area (Å²) in [4.78, 5) is 40.9. The van der Waals surface area contributed by atoms with Gasteiger partial charge < -0.3 is 31.1 Å². The Balaban J connectivity index is 1.21. The lowest BCUT2D eigenvalue weighted by Crippen LogP contribution is -2.52.